The lowest BCUT2D eigenvalue weighted by atomic mass is 10.1. The van der Waals surface area contributed by atoms with Crippen LogP contribution in [0, 0.1) is 19.7 Å². The Balaban J connectivity index is 2.51. The Morgan fingerprint density at radius 3 is 2.56 bits per heavy atom. The summed E-state index contributed by atoms with van der Waals surface area (Å²) in [4.78, 5) is 18.4. The van der Waals surface area contributed by atoms with E-state index in [1.54, 1.807) is 34.1 Å². The first-order valence-corrected chi connectivity index (χ1v) is 8.86. The van der Waals surface area contributed by atoms with Crippen molar-refractivity contribution >= 4 is 23.4 Å². The normalized spacial score (nSPS) is 11.3. The molecule has 0 N–H and O–H groups in total. The Kier molecular flexibility index (Phi) is 6.31. The highest BCUT2D eigenvalue weighted by Gasteiger charge is 2.27. The van der Waals surface area contributed by atoms with Crippen LogP contribution < -0.4 is 9.64 Å². The molecule has 0 saturated carbocycles. The monoisotopic (exact) mass is 394 g/mol. The molecule has 2 aromatic rings. The number of amides is 1. The summed E-state index contributed by atoms with van der Waals surface area (Å²) in [6.07, 6.45) is 0.965. The van der Waals surface area contributed by atoms with Crippen LogP contribution in [0.25, 0.3) is 0 Å². The molecule has 0 aliphatic rings. The number of benzene rings is 1. The van der Waals surface area contributed by atoms with Crippen molar-refractivity contribution in [2.24, 2.45) is 0 Å². The Hall–Kier alpha value is -2.34. The zero-order chi connectivity index (χ0) is 20.4. The largest absolute Gasteiger partial charge is 0.496 e. The van der Waals surface area contributed by atoms with E-state index < -0.39 is 17.5 Å². The number of aryl methyl sites for hydroxylation is 1. The van der Waals surface area contributed by atoms with Gasteiger partial charge in [0, 0.05) is 22.3 Å². The Bertz CT molecular complexity index is 850. The molecular weight excluding hydrogens is 371 g/mol. The van der Waals surface area contributed by atoms with Gasteiger partial charge in [-0.2, -0.15) is 0 Å². The van der Waals surface area contributed by atoms with E-state index in [-0.39, 0.29) is 12.2 Å². The molecule has 0 radical (unpaired) electrons. The van der Waals surface area contributed by atoms with Crippen molar-refractivity contribution in [3.05, 3.63) is 52.1 Å². The fourth-order valence-electron chi connectivity index (χ4n) is 2.64. The number of carbonyl (C=O) groups excluding carboxylic acids is 1. The molecule has 0 unspecified atom stereocenters. The van der Waals surface area contributed by atoms with E-state index in [2.05, 4.69) is 4.98 Å². The molecule has 0 spiro atoms. The summed E-state index contributed by atoms with van der Waals surface area (Å²) in [5.41, 5.74) is 1.50. The van der Waals surface area contributed by atoms with Gasteiger partial charge < -0.3 is 9.47 Å². The SMILES string of the molecule is COc1c(C)cnc(CN(C(=O)OC(C)(C)C)c2cc(Cl)ccc2F)c1C. The Morgan fingerprint density at radius 2 is 1.96 bits per heavy atom. The highest BCUT2D eigenvalue weighted by molar-refractivity contribution is 6.30. The molecule has 27 heavy (non-hydrogen) atoms. The molecule has 0 fully saturated rings. The van der Waals surface area contributed by atoms with Gasteiger partial charge in [-0.1, -0.05) is 11.6 Å². The fourth-order valence-corrected chi connectivity index (χ4v) is 2.80. The number of ether oxygens (including phenoxy) is 2. The van der Waals surface area contributed by atoms with E-state index in [1.807, 2.05) is 13.8 Å². The van der Waals surface area contributed by atoms with Crippen molar-refractivity contribution < 1.29 is 18.7 Å². The van der Waals surface area contributed by atoms with Gasteiger partial charge in [0.25, 0.3) is 0 Å². The van der Waals surface area contributed by atoms with Crippen molar-refractivity contribution in [1.29, 1.82) is 0 Å². The van der Waals surface area contributed by atoms with Crippen molar-refractivity contribution in [2.75, 3.05) is 12.0 Å². The summed E-state index contributed by atoms with van der Waals surface area (Å²) in [7, 11) is 1.57. The molecule has 0 saturated heterocycles. The fraction of sp³-hybridized carbons (Fsp3) is 0.400. The highest BCUT2D eigenvalue weighted by Crippen LogP contribution is 2.30. The van der Waals surface area contributed by atoms with Crippen LogP contribution in [0.2, 0.25) is 5.02 Å². The number of hydrogen-bond donors (Lipinski definition) is 0. The first-order valence-electron chi connectivity index (χ1n) is 8.48. The van der Waals surface area contributed by atoms with Gasteiger partial charge >= 0.3 is 6.09 Å². The molecule has 0 aliphatic carbocycles. The molecular formula is C20H24ClFN2O3. The van der Waals surface area contributed by atoms with Crippen LogP contribution in [0.5, 0.6) is 5.75 Å². The van der Waals surface area contributed by atoms with Crippen molar-refractivity contribution in [3.8, 4) is 5.75 Å². The topological polar surface area (TPSA) is 51.7 Å². The van der Waals surface area contributed by atoms with E-state index in [0.29, 0.717) is 16.5 Å². The molecule has 1 aromatic heterocycles. The van der Waals surface area contributed by atoms with Gasteiger partial charge in [-0.05, 0) is 52.8 Å². The smallest absolute Gasteiger partial charge is 0.415 e. The van der Waals surface area contributed by atoms with Gasteiger partial charge in [0.15, 0.2) is 0 Å². The maximum atomic E-state index is 14.5. The van der Waals surface area contributed by atoms with Gasteiger partial charge in [-0.15, -0.1) is 0 Å². The second kappa shape index (κ2) is 8.13. The predicted molar refractivity (Wildman–Crippen MR) is 104 cm³/mol. The molecule has 7 heteroatoms. The highest BCUT2D eigenvalue weighted by atomic mass is 35.5. The first kappa shape index (κ1) is 21.0. The summed E-state index contributed by atoms with van der Waals surface area (Å²) < 4.78 is 25.4. The van der Waals surface area contributed by atoms with Crippen LogP contribution >= 0.6 is 11.6 Å². The average molecular weight is 395 g/mol. The van der Waals surface area contributed by atoms with Crippen LogP contribution in [0.3, 0.4) is 0 Å². The maximum absolute atomic E-state index is 14.5. The second-order valence-corrected chi connectivity index (χ2v) is 7.64. The molecule has 0 bridgehead atoms. The predicted octanol–water partition coefficient (Wildman–Crippen LogP) is 5.44. The van der Waals surface area contributed by atoms with Gasteiger partial charge in [-0.25, -0.2) is 9.18 Å². The van der Waals surface area contributed by atoms with Crippen molar-refractivity contribution in [3.63, 3.8) is 0 Å². The molecule has 146 valence electrons. The number of nitrogens with zero attached hydrogens (tertiary/aromatic N) is 2. The third kappa shape index (κ3) is 5.10. The minimum Gasteiger partial charge on any atom is -0.496 e. The zero-order valence-corrected chi connectivity index (χ0v) is 17.1. The summed E-state index contributed by atoms with van der Waals surface area (Å²) in [5.74, 6) is 0.0951. The van der Waals surface area contributed by atoms with Crippen molar-refractivity contribution in [1.82, 2.24) is 4.98 Å². The van der Waals surface area contributed by atoms with Gasteiger partial charge in [-0.3, -0.25) is 9.88 Å². The lowest BCUT2D eigenvalue weighted by molar-refractivity contribution is 0.0575. The van der Waals surface area contributed by atoms with Crippen LogP contribution in [0.1, 0.15) is 37.6 Å². The Morgan fingerprint density at radius 1 is 1.30 bits per heavy atom. The number of anilines is 1. The minimum atomic E-state index is -0.738. The van der Waals surface area contributed by atoms with Gasteiger partial charge in [0.2, 0.25) is 0 Å². The molecule has 1 aromatic carbocycles. The van der Waals surface area contributed by atoms with Crippen LogP contribution in [0.4, 0.5) is 14.9 Å². The van der Waals surface area contributed by atoms with Gasteiger partial charge in [0.1, 0.15) is 17.2 Å². The third-order valence-electron chi connectivity index (χ3n) is 3.87. The molecule has 1 heterocycles. The van der Waals surface area contributed by atoms with E-state index >= 15 is 0 Å². The van der Waals surface area contributed by atoms with Crippen molar-refractivity contribution in [2.45, 2.75) is 46.8 Å². The van der Waals surface area contributed by atoms with Gasteiger partial charge in [0.05, 0.1) is 25.0 Å². The summed E-state index contributed by atoms with van der Waals surface area (Å²) >= 11 is 6.02. The number of carbonyl (C=O) groups is 1. The quantitative estimate of drug-likeness (QED) is 0.692. The average Bonchev–Trinajstić information content (AvgIpc) is 2.55. The lowest BCUT2D eigenvalue weighted by Crippen LogP contribution is -2.37. The van der Waals surface area contributed by atoms with E-state index in [0.717, 1.165) is 11.1 Å². The number of hydrogen-bond acceptors (Lipinski definition) is 4. The molecule has 1 amide bonds. The molecule has 2 rings (SSSR count). The van der Waals surface area contributed by atoms with Crippen LogP contribution in [-0.2, 0) is 11.3 Å². The number of halogens is 2. The zero-order valence-electron chi connectivity index (χ0n) is 16.4. The molecule has 5 nitrogen and oxygen atoms in total. The Labute approximate surface area is 164 Å². The van der Waals surface area contributed by atoms with E-state index in [4.69, 9.17) is 21.1 Å². The lowest BCUT2D eigenvalue weighted by Gasteiger charge is -2.28. The second-order valence-electron chi connectivity index (χ2n) is 7.21. The summed E-state index contributed by atoms with van der Waals surface area (Å²) in [6, 6.07) is 4.03. The van der Waals surface area contributed by atoms with Crippen LogP contribution in [-0.4, -0.2) is 23.8 Å². The third-order valence-corrected chi connectivity index (χ3v) is 4.11. The number of methoxy groups -OCH3 is 1. The summed E-state index contributed by atoms with van der Waals surface area (Å²) in [5, 5.41) is 0.311. The standard InChI is InChI=1S/C20H24ClFN2O3/c1-12-10-23-16(13(2)18(12)26-6)11-24(19(25)27-20(3,4)5)17-9-14(21)7-8-15(17)22/h7-10H,11H2,1-6H3. The minimum absolute atomic E-state index is 0.00858. The number of aromatic nitrogens is 1. The first-order chi connectivity index (χ1) is 12.5. The number of rotatable bonds is 4. The maximum Gasteiger partial charge on any atom is 0.415 e. The van der Waals surface area contributed by atoms with Crippen LogP contribution in [0.15, 0.2) is 24.4 Å². The molecule has 0 aliphatic heterocycles. The van der Waals surface area contributed by atoms with E-state index in [9.17, 15) is 9.18 Å². The van der Waals surface area contributed by atoms with E-state index in [1.165, 1.54) is 23.1 Å². The molecule has 0 atom stereocenters. The summed E-state index contributed by atoms with van der Waals surface area (Å²) in [6.45, 7) is 8.97. The number of pyridine rings is 1.